The van der Waals surface area contributed by atoms with Gasteiger partial charge in [-0.25, -0.2) is 9.59 Å². The molecule has 5 N–H and O–H groups in total. The molecular weight excluding hydrogens is 441 g/mol. The maximum absolute atomic E-state index is 12.6. The van der Waals surface area contributed by atoms with Gasteiger partial charge in [0.2, 0.25) is 0 Å². The van der Waals surface area contributed by atoms with E-state index in [0.29, 0.717) is 11.3 Å². The van der Waals surface area contributed by atoms with Gasteiger partial charge < -0.3 is 26.1 Å². The van der Waals surface area contributed by atoms with E-state index >= 15 is 0 Å². The standard InChI is InChI=1S/C22H19F3N4O4/c1-2-33-20(31)16-11-27-18(19(26)30)17(16)12-3-7-14(8-4-12)28-21(32)29-15-9-5-13(6-10-15)22(23,24)25/h3-11,27H,2H2,1H3,(H2,26,30)(H2,28,29,32). The summed E-state index contributed by atoms with van der Waals surface area (Å²) < 4.78 is 42.9. The minimum absolute atomic E-state index is 0.0267. The fourth-order valence-electron chi connectivity index (χ4n) is 3.04. The number of anilines is 2. The predicted octanol–water partition coefficient (Wildman–Crippen LogP) is 4.62. The van der Waals surface area contributed by atoms with E-state index in [0.717, 1.165) is 24.3 Å². The Hall–Kier alpha value is -4.28. The van der Waals surface area contributed by atoms with E-state index in [1.807, 2.05) is 0 Å². The van der Waals surface area contributed by atoms with E-state index < -0.39 is 29.6 Å². The van der Waals surface area contributed by atoms with Gasteiger partial charge in [0.05, 0.1) is 17.7 Å². The van der Waals surface area contributed by atoms with Crippen LogP contribution in [0.5, 0.6) is 0 Å². The van der Waals surface area contributed by atoms with E-state index in [-0.39, 0.29) is 29.1 Å². The average molecular weight is 460 g/mol. The van der Waals surface area contributed by atoms with Crippen LogP contribution in [0.1, 0.15) is 33.3 Å². The van der Waals surface area contributed by atoms with Crippen LogP contribution in [0.15, 0.2) is 54.7 Å². The first-order valence-corrected chi connectivity index (χ1v) is 9.64. The smallest absolute Gasteiger partial charge is 0.416 e. The lowest BCUT2D eigenvalue weighted by molar-refractivity contribution is -0.137. The zero-order valence-corrected chi connectivity index (χ0v) is 17.2. The highest BCUT2D eigenvalue weighted by molar-refractivity contribution is 6.07. The molecule has 2 aromatic carbocycles. The number of primary amides is 1. The summed E-state index contributed by atoms with van der Waals surface area (Å²) in [5, 5.41) is 4.97. The number of rotatable bonds is 6. The molecule has 0 unspecified atom stereocenters. The van der Waals surface area contributed by atoms with Crippen LogP contribution in [-0.4, -0.2) is 29.5 Å². The van der Waals surface area contributed by atoms with Crippen LogP contribution in [0.3, 0.4) is 0 Å². The van der Waals surface area contributed by atoms with Crippen LogP contribution in [0.4, 0.5) is 29.3 Å². The van der Waals surface area contributed by atoms with Crippen LogP contribution in [0.2, 0.25) is 0 Å². The molecule has 1 aromatic heterocycles. The van der Waals surface area contributed by atoms with Crippen molar-refractivity contribution in [2.24, 2.45) is 5.73 Å². The molecule has 3 rings (SSSR count). The Morgan fingerprint density at radius 3 is 2.00 bits per heavy atom. The summed E-state index contributed by atoms with van der Waals surface area (Å²) in [5.41, 5.74) is 5.99. The van der Waals surface area contributed by atoms with E-state index in [1.165, 1.54) is 18.3 Å². The lowest BCUT2D eigenvalue weighted by atomic mass is 10.0. The minimum atomic E-state index is -4.47. The first-order valence-electron chi connectivity index (χ1n) is 9.64. The Morgan fingerprint density at radius 2 is 1.52 bits per heavy atom. The number of halogens is 3. The molecule has 0 bridgehead atoms. The van der Waals surface area contributed by atoms with Crippen molar-refractivity contribution in [3.8, 4) is 11.1 Å². The number of urea groups is 1. The molecule has 0 fully saturated rings. The first kappa shape index (κ1) is 23.4. The molecular formula is C22H19F3N4O4. The number of esters is 1. The maximum Gasteiger partial charge on any atom is 0.416 e. The van der Waals surface area contributed by atoms with Gasteiger partial charge in [-0.15, -0.1) is 0 Å². The van der Waals surface area contributed by atoms with Crippen molar-refractivity contribution < 1.29 is 32.3 Å². The lowest BCUT2D eigenvalue weighted by Crippen LogP contribution is -2.19. The summed E-state index contributed by atoms with van der Waals surface area (Å²) in [7, 11) is 0. The van der Waals surface area contributed by atoms with Gasteiger partial charge in [-0.05, 0) is 48.9 Å². The fraction of sp³-hybridized carbons (Fsp3) is 0.136. The highest BCUT2D eigenvalue weighted by atomic mass is 19.4. The van der Waals surface area contributed by atoms with E-state index in [9.17, 15) is 27.6 Å². The van der Waals surface area contributed by atoms with Crippen molar-refractivity contribution in [1.82, 2.24) is 4.98 Å². The van der Waals surface area contributed by atoms with E-state index in [1.54, 1.807) is 19.1 Å². The zero-order valence-electron chi connectivity index (χ0n) is 17.2. The third kappa shape index (κ3) is 5.50. The molecule has 0 aliphatic carbocycles. The number of nitrogens with two attached hydrogens (primary N) is 1. The number of amides is 3. The number of ether oxygens (including phenoxy) is 1. The summed E-state index contributed by atoms with van der Waals surface area (Å²) in [4.78, 5) is 38.8. The van der Waals surface area contributed by atoms with Crippen molar-refractivity contribution in [3.05, 3.63) is 71.5 Å². The van der Waals surface area contributed by atoms with Gasteiger partial charge in [0.15, 0.2) is 0 Å². The zero-order chi connectivity index (χ0) is 24.2. The van der Waals surface area contributed by atoms with Gasteiger partial charge >= 0.3 is 18.2 Å². The molecule has 33 heavy (non-hydrogen) atoms. The number of nitrogens with one attached hydrogen (secondary N) is 3. The normalized spacial score (nSPS) is 11.0. The van der Waals surface area contributed by atoms with Crippen molar-refractivity contribution in [2.45, 2.75) is 13.1 Å². The minimum Gasteiger partial charge on any atom is -0.462 e. The van der Waals surface area contributed by atoms with E-state index in [2.05, 4.69) is 15.6 Å². The fourth-order valence-corrected chi connectivity index (χ4v) is 3.04. The highest BCUT2D eigenvalue weighted by Crippen LogP contribution is 2.31. The molecule has 0 radical (unpaired) electrons. The number of benzene rings is 2. The largest absolute Gasteiger partial charge is 0.462 e. The van der Waals surface area contributed by atoms with Gasteiger partial charge in [0, 0.05) is 23.1 Å². The lowest BCUT2D eigenvalue weighted by Gasteiger charge is -2.11. The SMILES string of the molecule is CCOC(=O)c1c[nH]c(C(N)=O)c1-c1ccc(NC(=O)Nc2ccc(C(F)(F)F)cc2)cc1. The van der Waals surface area contributed by atoms with Crippen molar-refractivity contribution in [1.29, 1.82) is 0 Å². The number of alkyl halides is 3. The summed E-state index contributed by atoms with van der Waals surface area (Å²) in [6.07, 6.45) is -3.14. The predicted molar refractivity (Wildman–Crippen MR) is 115 cm³/mol. The molecule has 1 heterocycles. The number of carbonyl (C=O) groups is 3. The number of hydrogen-bond donors (Lipinski definition) is 4. The van der Waals surface area contributed by atoms with Gasteiger partial charge in [-0.1, -0.05) is 12.1 Å². The number of H-pyrrole nitrogens is 1. The second-order valence-corrected chi connectivity index (χ2v) is 6.77. The molecule has 0 saturated carbocycles. The summed E-state index contributed by atoms with van der Waals surface area (Å²) in [6, 6.07) is 9.49. The molecule has 8 nitrogen and oxygen atoms in total. The average Bonchev–Trinajstić information content (AvgIpc) is 3.20. The Morgan fingerprint density at radius 1 is 0.970 bits per heavy atom. The third-order valence-corrected chi connectivity index (χ3v) is 4.52. The molecule has 0 aliphatic heterocycles. The molecule has 3 aromatic rings. The molecule has 0 atom stereocenters. The van der Waals surface area contributed by atoms with Crippen LogP contribution in [0, 0.1) is 0 Å². The monoisotopic (exact) mass is 460 g/mol. The molecule has 0 aliphatic rings. The van der Waals surface area contributed by atoms with Crippen molar-refractivity contribution in [3.63, 3.8) is 0 Å². The first-order chi connectivity index (χ1) is 15.6. The number of aromatic amines is 1. The maximum atomic E-state index is 12.6. The molecule has 0 saturated heterocycles. The second-order valence-electron chi connectivity index (χ2n) is 6.77. The number of hydrogen-bond acceptors (Lipinski definition) is 4. The van der Waals surface area contributed by atoms with Crippen LogP contribution in [0.25, 0.3) is 11.1 Å². The van der Waals surface area contributed by atoms with Crippen molar-refractivity contribution in [2.75, 3.05) is 17.2 Å². The quantitative estimate of drug-likeness (QED) is 0.401. The van der Waals surface area contributed by atoms with Gasteiger partial charge in [-0.3, -0.25) is 4.79 Å². The summed E-state index contributed by atoms with van der Waals surface area (Å²) in [6.45, 7) is 1.79. The summed E-state index contributed by atoms with van der Waals surface area (Å²) in [5.74, 6) is -1.40. The van der Waals surface area contributed by atoms with Gasteiger partial charge in [-0.2, -0.15) is 13.2 Å². The Bertz CT molecular complexity index is 1170. The molecule has 3 amide bonds. The molecule has 172 valence electrons. The Labute approximate surface area is 185 Å². The van der Waals surface area contributed by atoms with Gasteiger partial charge in [0.25, 0.3) is 5.91 Å². The summed E-state index contributed by atoms with van der Waals surface area (Å²) >= 11 is 0. The van der Waals surface area contributed by atoms with Crippen LogP contribution < -0.4 is 16.4 Å². The van der Waals surface area contributed by atoms with Crippen molar-refractivity contribution >= 4 is 29.3 Å². The highest BCUT2D eigenvalue weighted by Gasteiger charge is 2.30. The third-order valence-electron chi connectivity index (χ3n) is 4.52. The second kappa shape index (κ2) is 9.47. The van der Waals surface area contributed by atoms with Crippen LogP contribution in [-0.2, 0) is 10.9 Å². The number of carbonyl (C=O) groups excluding carboxylic acids is 3. The Kier molecular flexibility index (Phi) is 6.71. The van der Waals surface area contributed by atoms with E-state index in [4.69, 9.17) is 10.5 Å². The topological polar surface area (TPSA) is 126 Å². The van der Waals surface area contributed by atoms with Gasteiger partial charge in [0.1, 0.15) is 5.69 Å². The molecule has 11 heteroatoms. The molecule has 0 spiro atoms. The Balaban J connectivity index is 1.74. The van der Waals surface area contributed by atoms with Crippen LogP contribution >= 0.6 is 0 Å². The number of aromatic nitrogens is 1.